The zero-order chi connectivity index (χ0) is 24.8. The van der Waals surface area contributed by atoms with Crippen LogP contribution in [-0.2, 0) is 4.79 Å². The van der Waals surface area contributed by atoms with E-state index in [1.54, 1.807) is 6.07 Å². The summed E-state index contributed by atoms with van der Waals surface area (Å²) in [5.41, 5.74) is -1.24. The third-order valence-corrected chi connectivity index (χ3v) is 8.27. The number of carbonyl (C=O) groups is 3. The Balaban J connectivity index is 1.37. The summed E-state index contributed by atoms with van der Waals surface area (Å²) >= 11 is 0.931. The number of hydrogen-bond acceptors (Lipinski definition) is 6. The van der Waals surface area contributed by atoms with Crippen LogP contribution in [-0.4, -0.2) is 32.7 Å². The van der Waals surface area contributed by atoms with Gasteiger partial charge in [-0.3, -0.25) is 19.4 Å². The SMILES string of the molecule is O=C(Nc1cnccc1C(=O)C12CCC(C(=O)O)(CC1)CC2)c1csc(-c2c(F)cccc2F)n1. The number of hydrogen-bond donors (Lipinski definition) is 2. The fourth-order valence-electron chi connectivity index (χ4n) is 5.21. The van der Waals surface area contributed by atoms with Gasteiger partial charge in [-0.25, -0.2) is 13.8 Å². The highest BCUT2D eigenvalue weighted by Crippen LogP contribution is 2.58. The highest BCUT2D eigenvalue weighted by molar-refractivity contribution is 7.13. The Morgan fingerprint density at radius 1 is 0.971 bits per heavy atom. The number of fused-ring (bicyclic) bond motifs is 3. The predicted molar refractivity (Wildman–Crippen MR) is 124 cm³/mol. The summed E-state index contributed by atoms with van der Waals surface area (Å²) in [6.07, 6.45) is 5.65. The monoisotopic (exact) mass is 497 g/mol. The number of nitrogens with one attached hydrogen (secondary N) is 1. The molecule has 7 nitrogen and oxygen atoms in total. The second kappa shape index (κ2) is 8.60. The molecule has 0 unspecified atom stereocenters. The molecule has 0 aliphatic heterocycles. The van der Waals surface area contributed by atoms with Gasteiger partial charge in [0, 0.05) is 22.6 Å². The van der Waals surface area contributed by atoms with E-state index in [1.165, 1.54) is 23.8 Å². The number of aromatic nitrogens is 2. The maximum Gasteiger partial charge on any atom is 0.309 e. The molecule has 3 aromatic rings. The molecule has 35 heavy (non-hydrogen) atoms. The number of carboxylic acid groups (broad SMARTS) is 1. The smallest absolute Gasteiger partial charge is 0.309 e. The fraction of sp³-hybridized carbons (Fsp3) is 0.320. The van der Waals surface area contributed by atoms with E-state index in [-0.39, 0.29) is 27.7 Å². The van der Waals surface area contributed by atoms with Crippen molar-refractivity contribution >= 4 is 34.7 Å². The number of carboxylic acids is 1. The van der Waals surface area contributed by atoms with Crippen molar-refractivity contribution in [1.29, 1.82) is 0 Å². The van der Waals surface area contributed by atoms with E-state index in [0.29, 0.717) is 44.1 Å². The van der Waals surface area contributed by atoms with Crippen LogP contribution >= 0.6 is 11.3 Å². The molecule has 0 radical (unpaired) electrons. The summed E-state index contributed by atoms with van der Waals surface area (Å²) in [5.74, 6) is -3.13. The number of nitrogens with zero attached hydrogens (tertiary/aromatic N) is 2. The molecule has 1 aromatic carbocycles. The van der Waals surface area contributed by atoms with Crippen molar-refractivity contribution < 1.29 is 28.3 Å². The summed E-state index contributed by atoms with van der Waals surface area (Å²) < 4.78 is 28.2. The first-order chi connectivity index (χ1) is 16.7. The van der Waals surface area contributed by atoms with Crippen molar-refractivity contribution in [3.63, 3.8) is 0 Å². The van der Waals surface area contributed by atoms with E-state index >= 15 is 0 Å². The highest BCUT2D eigenvalue weighted by atomic mass is 32.1. The van der Waals surface area contributed by atoms with Crippen LogP contribution in [0.4, 0.5) is 14.5 Å². The average Bonchev–Trinajstić information content (AvgIpc) is 3.35. The Morgan fingerprint density at radius 2 is 1.60 bits per heavy atom. The molecule has 2 N–H and O–H groups in total. The van der Waals surface area contributed by atoms with Crippen LogP contribution in [0.3, 0.4) is 0 Å². The number of Topliss-reactive ketones (excluding diaryl/α,β-unsaturated/α-hetero) is 1. The zero-order valence-electron chi connectivity index (χ0n) is 18.5. The molecule has 2 aromatic heterocycles. The van der Waals surface area contributed by atoms with Crippen molar-refractivity contribution in [3.05, 3.63) is 64.9 Å². The summed E-state index contributed by atoms with van der Waals surface area (Å²) in [6.45, 7) is 0. The third kappa shape index (κ3) is 3.91. The molecule has 2 heterocycles. The molecule has 3 saturated carbocycles. The van der Waals surface area contributed by atoms with Gasteiger partial charge in [0.05, 0.1) is 22.9 Å². The Bertz CT molecular complexity index is 1310. The van der Waals surface area contributed by atoms with Gasteiger partial charge in [-0.05, 0) is 56.7 Å². The van der Waals surface area contributed by atoms with Gasteiger partial charge < -0.3 is 10.4 Å². The Morgan fingerprint density at radius 3 is 2.23 bits per heavy atom. The molecule has 1 amide bonds. The standard InChI is InChI=1S/C25H21F2N3O4S/c26-15-2-1-3-16(27)19(15)22-30-18(13-35-22)21(32)29-17-12-28-11-4-14(17)20(31)24-5-8-25(9-6-24,10-7-24)23(33)34/h1-4,11-13H,5-10H2,(H,29,32)(H,33,34). The molecule has 10 heteroatoms. The van der Waals surface area contributed by atoms with Crippen LogP contribution in [0.5, 0.6) is 0 Å². The lowest BCUT2D eigenvalue weighted by Gasteiger charge is -2.50. The van der Waals surface area contributed by atoms with Crippen LogP contribution in [0.1, 0.15) is 59.4 Å². The number of benzene rings is 1. The quantitative estimate of drug-likeness (QED) is 0.445. The largest absolute Gasteiger partial charge is 0.481 e. The van der Waals surface area contributed by atoms with Gasteiger partial charge in [0.25, 0.3) is 5.91 Å². The average molecular weight is 498 g/mol. The van der Waals surface area contributed by atoms with Crippen molar-refractivity contribution in [2.75, 3.05) is 5.32 Å². The van der Waals surface area contributed by atoms with Crippen molar-refractivity contribution in [3.8, 4) is 10.6 Å². The Hall–Kier alpha value is -3.53. The lowest BCUT2D eigenvalue weighted by atomic mass is 9.52. The van der Waals surface area contributed by atoms with Gasteiger partial charge in [-0.15, -0.1) is 11.3 Å². The van der Waals surface area contributed by atoms with Crippen LogP contribution in [0, 0.1) is 22.5 Å². The Labute approximate surface area is 203 Å². The second-order valence-electron chi connectivity index (χ2n) is 9.20. The first-order valence-corrected chi connectivity index (χ1v) is 12.1. The highest BCUT2D eigenvalue weighted by Gasteiger charge is 2.55. The minimum atomic E-state index is -0.798. The van der Waals surface area contributed by atoms with E-state index in [1.807, 2.05) is 0 Å². The minimum Gasteiger partial charge on any atom is -0.481 e. The lowest BCUT2D eigenvalue weighted by Crippen LogP contribution is -2.49. The fourth-order valence-corrected chi connectivity index (χ4v) is 6.05. The maximum absolute atomic E-state index is 14.1. The molecular weight excluding hydrogens is 476 g/mol. The Kier molecular flexibility index (Phi) is 5.71. The molecule has 0 spiro atoms. The van der Waals surface area contributed by atoms with Crippen LogP contribution in [0.15, 0.2) is 42.0 Å². The third-order valence-electron chi connectivity index (χ3n) is 7.41. The van der Waals surface area contributed by atoms with Crippen LogP contribution < -0.4 is 5.32 Å². The number of pyridine rings is 1. The molecule has 0 atom stereocenters. The number of aliphatic carboxylic acids is 1. The van der Waals surface area contributed by atoms with Gasteiger partial charge in [0.1, 0.15) is 22.3 Å². The molecular formula is C25H21F2N3O4S. The molecule has 0 saturated heterocycles. The van der Waals surface area contributed by atoms with E-state index in [4.69, 9.17) is 0 Å². The molecule has 6 rings (SSSR count). The van der Waals surface area contributed by atoms with Crippen LogP contribution in [0.2, 0.25) is 0 Å². The van der Waals surface area contributed by atoms with Crippen LogP contribution in [0.25, 0.3) is 10.6 Å². The number of halogens is 2. The topological polar surface area (TPSA) is 109 Å². The molecule has 180 valence electrons. The summed E-state index contributed by atoms with van der Waals surface area (Å²) in [5, 5.41) is 13.7. The number of carbonyl (C=O) groups excluding carboxylic acids is 2. The normalized spacial score (nSPS) is 23.1. The molecule has 2 bridgehead atoms. The van der Waals surface area contributed by atoms with E-state index in [0.717, 1.165) is 23.5 Å². The minimum absolute atomic E-state index is 0.0263. The number of amides is 1. The first kappa shape index (κ1) is 23.2. The van der Waals surface area contributed by atoms with Crippen molar-refractivity contribution in [1.82, 2.24) is 9.97 Å². The molecule has 3 aliphatic carbocycles. The number of thiazole rings is 1. The van der Waals surface area contributed by atoms with Gasteiger partial charge in [-0.1, -0.05) is 6.07 Å². The van der Waals surface area contributed by atoms with Crippen molar-refractivity contribution in [2.45, 2.75) is 38.5 Å². The predicted octanol–water partition coefficient (Wildman–Crippen LogP) is 5.34. The summed E-state index contributed by atoms with van der Waals surface area (Å²) in [4.78, 5) is 46.4. The van der Waals surface area contributed by atoms with E-state index in [9.17, 15) is 28.3 Å². The summed E-state index contributed by atoms with van der Waals surface area (Å²) in [6, 6.07) is 5.02. The van der Waals surface area contributed by atoms with Gasteiger partial charge in [0.15, 0.2) is 5.78 Å². The lowest BCUT2D eigenvalue weighted by molar-refractivity contribution is -0.157. The van der Waals surface area contributed by atoms with Gasteiger partial charge in [0.2, 0.25) is 0 Å². The second-order valence-corrected chi connectivity index (χ2v) is 10.1. The number of anilines is 1. The first-order valence-electron chi connectivity index (χ1n) is 11.2. The molecule has 3 fully saturated rings. The molecule has 3 aliphatic rings. The summed E-state index contributed by atoms with van der Waals surface area (Å²) in [7, 11) is 0. The number of rotatable bonds is 6. The van der Waals surface area contributed by atoms with E-state index < -0.39 is 34.3 Å². The van der Waals surface area contributed by atoms with Crippen molar-refractivity contribution in [2.24, 2.45) is 10.8 Å². The maximum atomic E-state index is 14.1. The van der Waals surface area contributed by atoms with Gasteiger partial charge >= 0.3 is 5.97 Å². The van der Waals surface area contributed by atoms with E-state index in [2.05, 4.69) is 15.3 Å². The zero-order valence-corrected chi connectivity index (χ0v) is 19.3. The number of ketones is 1. The van der Waals surface area contributed by atoms with Gasteiger partial charge in [-0.2, -0.15) is 0 Å².